The summed E-state index contributed by atoms with van der Waals surface area (Å²) in [5.74, 6) is 0. The van der Waals surface area contributed by atoms with Crippen molar-refractivity contribution in [3.63, 3.8) is 0 Å². The second-order valence-electron chi connectivity index (χ2n) is 3.38. The van der Waals surface area contributed by atoms with E-state index in [0.717, 1.165) is 4.31 Å². The smallest absolute Gasteiger partial charge is 0.264 e. The maximum Gasteiger partial charge on any atom is 0.264 e. The van der Waals surface area contributed by atoms with E-state index in [0.29, 0.717) is 5.69 Å². The van der Waals surface area contributed by atoms with Crippen molar-refractivity contribution in [2.45, 2.75) is 4.90 Å². The number of benzene rings is 1. The fourth-order valence-electron chi connectivity index (χ4n) is 1.34. The van der Waals surface area contributed by atoms with Gasteiger partial charge in [0.05, 0.1) is 23.0 Å². The van der Waals surface area contributed by atoms with Gasteiger partial charge in [-0.1, -0.05) is 18.2 Å². The average Bonchev–Trinajstić information content (AvgIpc) is 2.40. The van der Waals surface area contributed by atoms with Gasteiger partial charge in [0, 0.05) is 7.05 Å². The fraction of sp³-hybridized carbons (Fsp3) is 0.0909. The number of hydrogen-bond acceptors (Lipinski definition) is 4. The quantitative estimate of drug-likeness (QED) is 0.822. The Morgan fingerprint density at radius 2 is 1.65 bits per heavy atom. The molecule has 0 atom stereocenters. The summed E-state index contributed by atoms with van der Waals surface area (Å²) in [5.41, 5.74) is 0.427. The zero-order chi connectivity index (χ0) is 12.3. The first-order chi connectivity index (χ1) is 8.12. The Morgan fingerprint density at radius 1 is 1.06 bits per heavy atom. The highest BCUT2D eigenvalue weighted by atomic mass is 32.2. The number of aromatic nitrogens is 2. The zero-order valence-electron chi connectivity index (χ0n) is 9.19. The Morgan fingerprint density at radius 3 is 2.24 bits per heavy atom. The molecule has 6 heteroatoms. The van der Waals surface area contributed by atoms with Gasteiger partial charge in [-0.15, -0.1) is 0 Å². The van der Waals surface area contributed by atoms with Crippen molar-refractivity contribution < 1.29 is 8.42 Å². The lowest BCUT2D eigenvalue weighted by atomic mass is 10.4. The standard InChI is InChI=1S/C11H11N3O2S/c1-14(10-7-12-9-13-8-10)17(15,16)11-5-3-2-4-6-11/h2-9H,1H3. The van der Waals surface area contributed by atoms with Crippen LogP contribution in [0.2, 0.25) is 0 Å². The van der Waals surface area contributed by atoms with Crippen LogP contribution in [0, 0.1) is 0 Å². The third-order valence-electron chi connectivity index (χ3n) is 2.31. The van der Waals surface area contributed by atoms with E-state index in [1.807, 2.05) is 0 Å². The van der Waals surface area contributed by atoms with Crippen LogP contribution in [0.1, 0.15) is 0 Å². The van der Waals surface area contributed by atoms with Crippen molar-refractivity contribution in [1.29, 1.82) is 0 Å². The highest BCUT2D eigenvalue weighted by Crippen LogP contribution is 2.19. The normalized spacial score (nSPS) is 11.1. The molecule has 17 heavy (non-hydrogen) atoms. The minimum Gasteiger partial charge on any atom is -0.266 e. The van der Waals surface area contributed by atoms with Crippen LogP contribution in [0.25, 0.3) is 0 Å². The summed E-state index contributed by atoms with van der Waals surface area (Å²) in [6, 6.07) is 8.24. The Bertz CT molecular complexity index is 585. The van der Waals surface area contributed by atoms with Crippen LogP contribution in [0.15, 0.2) is 53.9 Å². The molecule has 0 bridgehead atoms. The summed E-state index contributed by atoms with van der Waals surface area (Å²) in [5, 5.41) is 0. The molecule has 0 aliphatic heterocycles. The second kappa shape index (κ2) is 4.50. The van der Waals surface area contributed by atoms with Crippen LogP contribution >= 0.6 is 0 Å². The van der Waals surface area contributed by atoms with Gasteiger partial charge in [0.25, 0.3) is 10.0 Å². The van der Waals surface area contributed by atoms with E-state index < -0.39 is 10.0 Å². The number of sulfonamides is 1. The van der Waals surface area contributed by atoms with Gasteiger partial charge in [-0.2, -0.15) is 0 Å². The summed E-state index contributed by atoms with van der Waals surface area (Å²) in [6.45, 7) is 0. The van der Waals surface area contributed by atoms with Gasteiger partial charge in [0.15, 0.2) is 0 Å². The largest absolute Gasteiger partial charge is 0.266 e. The topological polar surface area (TPSA) is 63.2 Å². The number of hydrogen-bond donors (Lipinski definition) is 0. The van der Waals surface area contributed by atoms with Crippen molar-refractivity contribution in [1.82, 2.24) is 9.97 Å². The highest BCUT2D eigenvalue weighted by Gasteiger charge is 2.20. The Labute approximate surface area is 99.8 Å². The molecular weight excluding hydrogens is 238 g/mol. The van der Waals surface area contributed by atoms with Gasteiger partial charge in [-0.3, -0.25) is 4.31 Å². The van der Waals surface area contributed by atoms with Crippen LogP contribution in [0.3, 0.4) is 0 Å². The van der Waals surface area contributed by atoms with E-state index in [1.54, 1.807) is 30.3 Å². The fourth-order valence-corrected chi connectivity index (χ4v) is 2.53. The predicted molar refractivity (Wildman–Crippen MR) is 64.1 cm³/mol. The minimum absolute atomic E-state index is 0.242. The summed E-state index contributed by atoms with van der Waals surface area (Å²) >= 11 is 0. The van der Waals surface area contributed by atoms with E-state index in [1.165, 1.54) is 25.8 Å². The molecule has 0 unspecified atom stereocenters. The third kappa shape index (κ3) is 2.26. The zero-order valence-corrected chi connectivity index (χ0v) is 10.0. The monoisotopic (exact) mass is 249 g/mol. The molecule has 0 spiro atoms. The van der Waals surface area contributed by atoms with Gasteiger partial charge in [-0.25, -0.2) is 18.4 Å². The Kier molecular flexibility index (Phi) is 3.06. The summed E-state index contributed by atoms with van der Waals surface area (Å²) in [4.78, 5) is 7.83. The molecule has 2 rings (SSSR count). The molecule has 5 nitrogen and oxygen atoms in total. The Balaban J connectivity index is 2.41. The lowest BCUT2D eigenvalue weighted by Crippen LogP contribution is -2.26. The van der Waals surface area contributed by atoms with Crippen molar-refractivity contribution in [3.05, 3.63) is 49.1 Å². The molecule has 0 fully saturated rings. The molecule has 0 aliphatic rings. The van der Waals surface area contributed by atoms with Crippen molar-refractivity contribution in [3.8, 4) is 0 Å². The molecule has 1 aromatic heterocycles. The first kappa shape index (κ1) is 11.5. The highest BCUT2D eigenvalue weighted by molar-refractivity contribution is 7.92. The molecule has 0 saturated carbocycles. The van der Waals surface area contributed by atoms with Crippen LogP contribution in [0.4, 0.5) is 5.69 Å². The average molecular weight is 249 g/mol. The first-order valence-electron chi connectivity index (χ1n) is 4.91. The molecule has 1 aromatic carbocycles. The lowest BCUT2D eigenvalue weighted by Gasteiger charge is -2.18. The summed E-state index contributed by atoms with van der Waals surface area (Å²) < 4.78 is 25.6. The van der Waals surface area contributed by atoms with E-state index in [4.69, 9.17) is 0 Å². The van der Waals surface area contributed by atoms with Crippen LogP contribution < -0.4 is 4.31 Å². The minimum atomic E-state index is -3.54. The van der Waals surface area contributed by atoms with Crippen LogP contribution in [-0.2, 0) is 10.0 Å². The van der Waals surface area contributed by atoms with Gasteiger partial charge >= 0.3 is 0 Å². The molecule has 0 radical (unpaired) electrons. The maximum absolute atomic E-state index is 12.2. The van der Waals surface area contributed by atoms with Crippen molar-refractivity contribution >= 4 is 15.7 Å². The van der Waals surface area contributed by atoms with Gasteiger partial charge in [-0.05, 0) is 12.1 Å². The van der Waals surface area contributed by atoms with E-state index in [9.17, 15) is 8.42 Å². The molecule has 0 saturated heterocycles. The molecule has 1 heterocycles. The van der Waals surface area contributed by atoms with E-state index in [2.05, 4.69) is 9.97 Å². The summed E-state index contributed by atoms with van der Waals surface area (Å²) in [7, 11) is -2.07. The third-order valence-corrected chi connectivity index (χ3v) is 4.11. The molecular formula is C11H11N3O2S. The molecule has 0 aliphatic carbocycles. The summed E-state index contributed by atoms with van der Waals surface area (Å²) in [6.07, 6.45) is 4.26. The van der Waals surface area contributed by atoms with E-state index >= 15 is 0 Å². The van der Waals surface area contributed by atoms with Crippen LogP contribution in [0.5, 0.6) is 0 Å². The number of nitrogens with zero attached hydrogens (tertiary/aromatic N) is 3. The number of anilines is 1. The van der Waals surface area contributed by atoms with Crippen LogP contribution in [-0.4, -0.2) is 25.4 Å². The van der Waals surface area contributed by atoms with Gasteiger partial charge in [0.1, 0.15) is 6.33 Å². The second-order valence-corrected chi connectivity index (χ2v) is 5.35. The SMILES string of the molecule is CN(c1cncnc1)S(=O)(=O)c1ccccc1. The number of rotatable bonds is 3. The first-order valence-corrected chi connectivity index (χ1v) is 6.35. The molecule has 0 amide bonds. The van der Waals surface area contributed by atoms with Crippen molar-refractivity contribution in [2.75, 3.05) is 11.4 Å². The molecule has 88 valence electrons. The van der Waals surface area contributed by atoms with Gasteiger partial charge in [0.2, 0.25) is 0 Å². The van der Waals surface area contributed by atoms with Gasteiger partial charge < -0.3 is 0 Å². The van der Waals surface area contributed by atoms with Crippen molar-refractivity contribution in [2.24, 2.45) is 0 Å². The predicted octanol–water partition coefficient (Wildman–Crippen LogP) is 1.30. The molecule has 0 N–H and O–H groups in total. The molecule has 2 aromatic rings. The Hall–Kier alpha value is -1.95. The van der Waals surface area contributed by atoms with E-state index in [-0.39, 0.29) is 4.90 Å². The maximum atomic E-state index is 12.2. The lowest BCUT2D eigenvalue weighted by molar-refractivity contribution is 0.594.